The molecule has 122 valence electrons. The lowest BCUT2D eigenvalue weighted by atomic mass is 10.0. The second kappa shape index (κ2) is 8.34. The van der Waals surface area contributed by atoms with Crippen molar-refractivity contribution in [2.45, 2.75) is 26.8 Å². The van der Waals surface area contributed by atoms with Gasteiger partial charge in [0.2, 0.25) is 11.8 Å². The summed E-state index contributed by atoms with van der Waals surface area (Å²) in [6.07, 6.45) is 0. The first-order chi connectivity index (χ1) is 9.85. The van der Waals surface area contributed by atoms with E-state index in [2.05, 4.69) is 22.0 Å². The van der Waals surface area contributed by atoms with Gasteiger partial charge in [0.25, 0.3) is 0 Å². The van der Waals surface area contributed by atoms with Gasteiger partial charge in [-0.1, -0.05) is 20.8 Å². The van der Waals surface area contributed by atoms with E-state index < -0.39 is 6.04 Å². The second-order valence-electron chi connectivity index (χ2n) is 6.23. The zero-order chi connectivity index (χ0) is 16.0. The summed E-state index contributed by atoms with van der Waals surface area (Å²) in [4.78, 5) is 30.3. The van der Waals surface area contributed by atoms with Crippen LogP contribution >= 0.6 is 0 Å². The third kappa shape index (κ3) is 5.63. The first-order valence-electron chi connectivity index (χ1n) is 7.80. The maximum absolute atomic E-state index is 12.2. The van der Waals surface area contributed by atoms with Crippen molar-refractivity contribution in [3.63, 3.8) is 0 Å². The van der Waals surface area contributed by atoms with Crippen LogP contribution in [-0.2, 0) is 9.59 Å². The largest absolute Gasteiger partial charge is 0.347 e. The van der Waals surface area contributed by atoms with E-state index in [9.17, 15) is 9.59 Å². The van der Waals surface area contributed by atoms with Gasteiger partial charge in [-0.2, -0.15) is 0 Å². The van der Waals surface area contributed by atoms with E-state index in [-0.39, 0.29) is 17.7 Å². The molecule has 1 aliphatic heterocycles. The number of hydrogen-bond donors (Lipinski definition) is 1. The maximum atomic E-state index is 12.2. The van der Waals surface area contributed by atoms with Crippen LogP contribution in [0.5, 0.6) is 0 Å². The fourth-order valence-electron chi connectivity index (χ4n) is 2.48. The highest BCUT2D eigenvalue weighted by Gasteiger charge is 2.26. The summed E-state index contributed by atoms with van der Waals surface area (Å²) in [5, 5.41) is 2.88. The van der Waals surface area contributed by atoms with Crippen molar-refractivity contribution in [3.8, 4) is 0 Å². The van der Waals surface area contributed by atoms with Crippen molar-refractivity contribution in [2.24, 2.45) is 5.92 Å². The molecule has 1 N–H and O–H groups in total. The zero-order valence-electron chi connectivity index (χ0n) is 14.1. The summed E-state index contributed by atoms with van der Waals surface area (Å²) in [6.45, 7) is 11.3. The Morgan fingerprint density at radius 3 is 2.05 bits per heavy atom. The van der Waals surface area contributed by atoms with Gasteiger partial charge in [-0.3, -0.25) is 14.5 Å². The lowest BCUT2D eigenvalue weighted by molar-refractivity contribution is -0.136. The molecule has 0 radical (unpaired) electrons. The molecule has 0 aromatic carbocycles. The van der Waals surface area contributed by atoms with Crippen molar-refractivity contribution in [2.75, 3.05) is 53.4 Å². The van der Waals surface area contributed by atoms with Crippen molar-refractivity contribution < 1.29 is 9.59 Å². The molecule has 0 spiro atoms. The van der Waals surface area contributed by atoms with Crippen molar-refractivity contribution in [3.05, 3.63) is 0 Å². The molecule has 1 saturated heterocycles. The minimum absolute atomic E-state index is 0.0471. The first-order valence-corrected chi connectivity index (χ1v) is 7.80. The lowest BCUT2D eigenvalue weighted by Gasteiger charge is -2.34. The molecule has 1 aliphatic rings. The van der Waals surface area contributed by atoms with Gasteiger partial charge < -0.3 is 15.1 Å². The highest BCUT2D eigenvalue weighted by atomic mass is 16.2. The monoisotopic (exact) mass is 298 g/mol. The summed E-state index contributed by atoms with van der Waals surface area (Å²) in [5.74, 6) is -0.0243. The molecular weight excluding hydrogens is 268 g/mol. The second-order valence-corrected chi connectivity index (χ2v) is 6.23. The van der Waals surface area contributed by atoms with Crippen LogP contribution < -0.4 is 5.32 Å². The van der Waals surface area contributed by atoms with Crippen molar-refractivity contribution >= 4 is 11.8 Å². The molecule has 1 heterocycles. The summed E-state index contributed by atoms with van der Waals surface area (Å²) in [6, 6.07) is -0.440. The fraction of sp³-hybridized carbons (Fsp3) is 0.867. The SMILES string of the molecule is CCN1CCN(CC(=O)NC(C(=O)N(C)C)C(C)C)CC1. The van der Waals surface area contributed by atoms with E-state index in [0.29, 0.717) is 6.54 Å². The van der Waals surface area contributed by atoms with Crippen LogP contribution in [0.3, 0.4) is 0 Å². The smallest absolute Gasteiger partial charge is 0.244 e. The molecule has 1 fully saturated rings. The number of carbonyl (C=O) groups excluding carboxylic acids is 2. The summed E-state index contributed by atoms with van der Waals surface area (Å²) < 4.78 is 0. The molecule has 6 nitrogen and oxygen atoms in total. The zero-order valence-corrected chi connectivity index (χ0v) is 14.1. The Kier molecular flexibility index (Phi) is 7.11. The number of nitrogens with one attached hydrogen (secondary N) is 1. The quantitative estimate of drug-likeness (QED) is 0.741. The van der Waals surface area contributed by atoms with E-state index in [1.165, 1.54) is 4.90 Å². The minimum Gasteiger partial charge on any atom is -0.347 e. The van der Waals surface area contributed by atoms with E-state index in [1.54, 1.807) is 14.1 Å². The number of piperazine rings is 1. The number of amides is 2. The van der Waals surface area contributed by atoms with Crippen LogP contribution in [0.1, 0.15) is 20.8 Å². The fourth-order valence-corrected chi connectivity index (χ4v) is 2.48. The first kappa shape index (κ1) is 17.9. The predicted octanol–water partition coefficient (Wildman–Crippen LogP) is -0.147. The summed E-state index contributed by atoms with van der Waals surface area (Å²) in [5.41, 5.74) is 0. The number of likely N-dealkylation sites (N-methyl/N-ethyl adjacent to an activating group) is 2. The Bertz CT molecular complexity index is 350. The number of nitrogens with zero attached hydrogens (tertiary/aromatic N) is 3. The third-order valence-electron chi connectivity index (χ3n) is 3.97. The van der Waals surface area contributed by atoms with Crippen LogP contribution in [0.15, 0.2) is 0 Å². The van der Waals surface area contributed by atoms with Gasteiger partial charge in [0.1, 0.15) is 6.04 Å². The molecule has 6 heteroatoms. The normalized spacial score (nSPS) is 18.6. The van der Waals surface area contributed by atoms with Crippen molar-refractivity contribution in [1.82, 2.24) is 20.0 Å². The van der Waals surface area contributed by atoms with Gasteiger partial charge >= 0.3 is 0 Å². The molecule has 0 saturated carbocycles. The Morgan fingerprint density at radius 1 is 1.10 bits per heavy atom. The average molecular weight is 298 g/mol. The van der Waals surface area contributed by atoms with Crippen LogP contribution in [-0.4, -0.2) is 85.9 Å². The molecule has 0 aromatic rings. The minimum atomic E-state index is -0.440. The Labute approximate surface area is 128 Å². The van der Waals surface area contributed by atoms with Gasteiger partial charge in [-0.15, -0.1) is 0 Å². The van der Waals surface area contributed by atoms with E-state index in [4.69, 9.17) is 0 Å². The molecule has 21 heavy (non-hydrogen) atoms. The highest BCUT2D eigenvalue weighted by Crippen LogP contribution is 2.05. The van der Waals surface area contributed by atoms with Crippen LogP contribution in [0, 0.1) is 5.92 Å². The Hall–Kier alpha value is -1.14. The molecule has 2 amide bonds. The van der Waals surface area contributed by atoms with Gasteiger partial charge in [0.15, 0.2) is 0 Å². The molecule has 0 aliphatic carbocycles. The third-order valence-corrected chi connectivity index (χ3v) is 3.97. The van der Waals surface area contributed by atoms with Crippen LogP contribution in [0.4, 0.5) is 0 Å². The van der Waals surface area contributed by atoms with Gasteiger partial charge in [0, 0.05) is 40.3 Å². The predicted molar refractivity (Wildman–Crippen MR) is 84.0 cm³/mol. The van der Waals surface area contributed by atoms with E-state index >= 15 is 0 Å². The van der Waals surface area contributed by atoms with Gasteiger partial charge in [0.05, 0.1) is 6.54 Å². The molecule has 1 atom stereocenters. The molecule has 1 rings (SSSR count). The number of rotatable bonds is 6. The Balaban J connectivity index is 2.46. The van der Waals surface area contributed by atoms with Gasteiger partial charge in [-0.05, 0) is 12.5 Å². The topological polar surface area (TPSA) is 55.9 Å². The standard InChI is InChI=1S/C15H30N4O2/c1-6-18-7-9-19(10-8-18)11-13(20)16-14(12(2)3)15(21)17(4)5/h12,14H,6-11H2,1-5H3,(H,16,20). The molecule has 1 unspecified atom stereocenters. The molecular formula is C15H30N4O2. The Morgan fingerprint density at radius 2 is 1.62 bits per heavy atom. The van der Waals surface area contributed by atoms with Crippen LogP contribution in [0.25, 0.3) is 0 Å². The molecule has 0 bridgehead atoms. The maximum Gasteiger partial charge on any atom is 0.244 e. The summed E-state index contributed by atoms with van der Waals surface area (Å²) in [7, 11) is 3.43. The van der Waals surface area contributed by atoms with Crippen molar-refractivity contribution in [1.29, 1.82) is 0 Å². The molecule has 0 aromatic heterocycles. The van der Waals surface area contributed by atoms with E-state index in [0.717, 1.165) is 32.7 Å². The van der Waals surface area contributed by atoms with Crippen LogP contribution in [0.2, 0.25) is 0 Å². The highest BCUT2D eigenvalue weighted by molar-refractivity contribution is 5.88. The van der Waals surface area contributed by atoms with Gasteiger partial charge in [-0.25, -0.2) is 0 Å². The van der Waals surface area contributed by atoms with E-state index in [1.807, 2.05) is 13.8 Å². The average Bonchev–Trinajstić information content (AvgIpc) is 2.44. The number of carbonyl (C=O) groups is 2. The summed E-state index contributed by atoms with van der Waals surface area (Å²) >= 11 is 0. The number of hydrogen-bond acceptors (Lipinski definition) is 4. The lowest BCUT2D eigenvalue weighted by Crippen LogP contribution is -2.54.